The fraction of sp³-hybridized carbons (Fsp3) is 0.435. The number of ether oxygens (including phenoxy) is 2. The molecule has 0 spiro atoms. The predicted octanol–water partition coefficient (Wildman–Crippen LogP) is 3.06. The number of carbonyl (C=O) groups is 1. The molecule has 0 fully saturated rings. The smallest absolute Gasteiger partial charge is 0.263 e. The summed E-state index contributed by atoms with van der Waals surface area (Å²) in [5.41, 5.74) is 2.49. The Morgan fingerprint density at radius 2 is 2.03 bits per heavy atom. The number of benzene rings is 2. The van der Waals surface area contributed by atoms with Crippen molar-refractivity contribution < 1.29 is 22.7 Å². The molecular formula is C23H30N2O5S. The molecular weight excluding hydrogens is 416 g/mol. The number of rotatable bonds is 9. The van der Waals surface area contributed by atoms with E-state index in [1.807, 2.05) is 37.3 Å². The lowest BCUT2D eigenvalue weighted by molar-refractivity contribution is -0.127. The number of anilines is 1. The van der Waals surface area contributed by atoms with Crippen LogP contribution < -0.4 is 19.1 Å². The third-order valence-electron chi connectivity index (χ3n) is 5.03. The molecule has 1 aliphatic rings. The summed E-state index contributed by atoms with van der Waals surface area (Å²) in [4.78, 5) is 12.7. The van der Waals surface area contributed by atoms with Crippen LogP contribution in [0.15, 0.2) is 42.5 Å². The molecule has 0 saturated carbocycles. The second kappa shape index (κ2) is 10.0. The highest BCUT2D eigenvalue weighted by Crippen LogP contribution is 2.35. The Labute approximate surface area is 184 Å². The lowest BCUT2D eigenvalue weighted by atomic mass is 10.1. The van der Waals surface area contributed by atoms with Crippen LogP contribution in [0.25, 0.3) is 0 Å². The van der Waals surface area contributed by atoms with Crippen LogP contribution in [-0.2, 0) is 21.2 Å². The van der Waals surface area contributed by atoms with E-state index in [0.29, 0.717) is 24.6 Å². The van der Waals surface area contributed by atoms with E-state index in [1.54, 1.807) is 12.1 Å². The molecule has 1 amide bonds. The van der Waals surface area contributed by atoms with E-state index in [9.17, 15) is 13.2 Å². The van der Waals surface area contributed by atoms with Crippen molar-refractivity contribution in [3.05, 3.63) is 53.6 Å². The number of sulfonamides is 1. The molecule has 7 nitrogen and oxygen atoms in total. The maximum atomic E-state index is 12.7. The summed E-state index contributed by atoms with van der Waals surface area (Å²) in [6, 6.07) is 13.2. The summed E-state index contributed by atoms with van der Waals surface area (Å²) in [6.45, 7) is 5.03. The highest BCUT2D eigenvalue weighted by molar-refractivity contribution is 7.92. The van der Waals surface area contributed by atoms with Gasteiger partial charge in [-0.3, -0.25) is 9.10 Å². The van der Waals surface area contributed by atoms with Crippen LogP contribution in [0.2, 0.25) is 0 Å². The Morgan fingerprint density at radius 1 is 1.26 bits per heavy atom. The first kappa shape index (κ1) is 22.9. The van der Waals surface area contributed by atoms with Crippen LogP contribution in [0.3, 0.4) is 0 Å². The minimum Gasteiger partial charge on any atom is -0.493 e. The Hall–Kier alpha value is -2.74. The molecule has 3 rings (SSSR count). The zero-order valence-corrected chi connectivity index (χ0v) is 19.1. The molecule has 1 atom stereocenters. The largest absolute Gasteiger partial charge is 0.493 e. The fourth-order valence-corrected chi connectivity index (χ4v) is 4.39. The number of hydrogen-bond donors (Lipinski definition) is 1. The van der Waals surface area contributed by atoms with Crippen molar-refractivity contribution in [2.45, 2.75) is 39.2 Å². The second-order valence-corrected chi connectivity index (χ2v) is 9.63. The van der Waals surface area contributed by atoms with Gasteiger partial charge in [0.1, 0.15) is 11.5 Å². The highest BCUT2D eigenvalue weighted by atomic mass is 32.2. The van der Waals surface area contributed by atoms with Crippen LogP contribution in [0.1, 0.15) is 30.9 Å². The quantitative estimate of drug-likeness (QED) is 0.599. The normalized spacial score (nSPS) is 15.7. The summed E-state index contributed by atoms with van der Waals surface area (Å²) in [5.74, 6) is 0.946. The first-order chi connectivity index (χ1) is 14.8. The maximum absolute atomic E-state index is 12.7. The summed E-state index contributed by atoms with van der Waals surface area (Å²) in [7, 11) is -3.54. The summed E-state index contributed by atoms with van der Waals surface area (Å²) in [5, 5.41) is 2.87. The first-order valence-electron chi connectivity index (χ1n) is 10.5. The first-order valence-corrected chi connectivity index (χ1v) is 12.4. The molecule has 0 bridgehead atoms. The van der Waals surface area contributed by atoms with Gasteiger partial charge in [0.15, 0.2) is 6.10 Å². The molecule has 0 aromatic heterocycles. The van der Waals surface area contributed by atoms with E-state index < -0.39 is 16.1 Å². The van der Waals surface area contributed by atoms with Crippen molar-refractivity contribution in [3.8, 4) is 11.5 Å². The standard InChI is InChI=1S/C23H30N2O5S/c1-4-14-29-20-10-6-5-8-18(20)9-7-13-24-23(26)22-16-25(31(3,27)28)19-15-17(2)11-12-21(19)30-22/h5-6,8,10-12,15,22H,4,7,9,13-14,16H2,1-3H3,(H,24,26). The summed E-state index contributed by atoms with van der Waals surface area (Å²) in [6.07, 6.45) is 2.68. The van der Waals surface area contributed by atoms with Gasteiger partial charge in [0.2, 0.25) is 10.0 Å². The van der Waals surface area contributed by atoms with Crippen LogP contribution in [0, 0.1) is 6.92 Å². The highest BCUT2D eigenvalue weighted by Gasteiger charge is 2.34. The number of aryl methyl sites for hydroxylation is 2. The molecule has 0 radical (unpaired) electrons. The number of nitrogens with one attached hydrogen (secondary N) is 1. The Balaban J connectivity index is 1.58. The molecule has 0 saturated heterocycles. The topological polar surface area (TPSA) is 84.9 Å². The third kappa shape index (κ3) is 5.91. The molecule has 168 valence electrons. The van der Waals surface area contributed by atoms with Crippen LogP contribution in [0.4, 0.5) is 5.69 Å². The SMILES string of the molecule is CCCOc1ccccc1CCCNC(=O)C1CN(S(C)(=O)=O)c2cc(C)ccc2O1. The van der Waals surface area contributed by atoms with Gasteiger partial charge in [0.05, 0.1) is 25.1 Å². The minimum absolute atomic E-state index is 0.0468. The molecule has 1 aliphatic heterocycles. The van der Waals surface area contributed by atoms with Gasteiger partial charge in [-0.1, -0.05) is 31.2 Å². The number of fused-ring (bicyclic) bond motifs is 1. The molecule has 31 heavy (non-hydrogen) atoms. The summed E-state index contributed by atoms with van der Waals surface area (Å²) >= 11 is 0. The molecule has 1 unspecified atom stereocenters. The molecule has 1 heterocycles. The van der Waals surface area contributed by atoms with Crippen molar-refractivity contribution in [3.63, 3.8) is 0 Å². The van der Waals surface area contributed by atoms with Gasteiger partial charge >= 0.3 is 0 Å². The van der Waals surface area contributed by atoms with Crippen molar-refractivity contribution in [1.82, 2.24) is 5.32 Å². The molecule has 0 aliphatic carbocycles. The van der Waals surface area contributed by atoms with E-state index in [2.05, 4.69) is 12.2 Å². The molecule has 1 N–H and O–H groups in total. The average Bonchev–Trinajstić information content (AvgIpc) is 2.74. The Kier molecular flexibility index (Phi) is 7.43. The lowest BCUT2D eigenvalue weighted by Gasteiger charge is -2.34. The number of hydrogen-bond acceptors (Lipinski definition) is 5. The van der Waals surface area contributed by atoms with Gasteiger partial charge in [-0.05, 0) is 55.5 Å². The van der Waals surface area contributed by atoms with Crippen LogP contribution in [-0.4, -0.2) is 46.4 Å². The minimum atomic E-state index is -3.54. The van der Waals surface area contributed by atoms with Gasteiger partial charge in [-0.15, -0.1) is 0 Å². The van der Waals surface area contributed by atoms with Crippen LogP contribution >= 0.6 is 0 Å². The molecule has 2 aromatic carbocycles. The van der Waals surface area contributed by atoms with Gasteiger partial charge in [0, 0.05) is 6.54 Å². The van der Waals surface area contributed by atoms with Crippen molar-refractivity contribution >= 4 is 21.6 Å². The van der Waals surface area contributed by atoms with E-state index in [1.165, 1.54) is 4.31 Å². The zero-order chi connectivity index (χ0) is 22.4. The third-order valence-corrected chi connectivity index (χ3v) is 6.18. The van der Waals surface area contributed by atoms with Gasteiger partial charge < -0.3 is 14.8 Å². The van der Waals surface area contributed by atoms with E-state index in [0.717, 1.165) is 42.4 Å². The van der Waals surface area contributed by atoms with E-state index in [4.69, 9.17) is 9.47 Å². The maximum Gasteiger partial charge on any atom is 0.263 e. The lowest BCUT2D eigenvalue weighted by Crippen LogP contribution is -2.50. The second-order valence-electron chi connectivity index (χ2n) is 7.72. The van der Waals surface area contributed by atoms with E-state index >= 15 is 0 Å². The van der Waals surface area contributed by atoms with Crippen molar-refractivity contribution in [2.24, 2.45) is 0 Å². The molecule has 8 heteroatoms. The Bertz CT molecular complexity index is 1020. The number of carbonyl (C=O) groups excluding carboxylic acids is 1. The number of para-hydroxylation sites is 1. The summed E-state index contributed by atoms with van der Waals surface area (Å²) < 4.78 is 37.4. The average molecular weight is 447 g/mol. The van der Waals surface area contributed by atoms with Crippen molar-refractivity contribution in [1.29, 1.82) is 0 Å². The molecule has 2 aromatic rings. The van der Waals surface area contributed by atoms with Gasteiger partial charge in [-0.25, -0.2) is 8.42 Å². The monoisotopic (exact) mass is 446 g/mol. The zero-order valence-electron chi connectivity index (χ0n) is 18.3. The Morgan fingerprint density at radius 3 is 2.77 bits per heavy atom. The van der Waals surface area contributed by atoms with Crippen LogP contribution in [0.5, 0.6) is 11.5 Å². The van der Waals surface area contributed by atoms with Gasteiger partial charge in [-0.2, -0.15) is 0 Å². The number of amides is 1. The van der Waals surface area contributed by atoms with Crippen molar-refractivity contribution in [2.75, 3.05) is 30.3 Å². The van der Waals surface area contributed by atoms with Gasteiger partial charge in [0.25, 0.3) is 5.91 Å². The number of nitrogens with zero attached hydrogens (tertiary/aromatic N) is 1. The van der Waals surface area contributed by atoms with E-state index in [-0.39, 0.29) is 12.5 Å². The predicted molar refractivity (Wildman–Crippen MR) is 121 cm³/mol. The fourth-order valence-electron chi connectivity index (χ4n) is 3.48.